The van der Waals surface area contributed by atoms with E-state index in [2.05, 4.69) is 56.3 Å². The van der Waals surface area contributed by atoms with Crippen LogP contribution in [0.15, 0.2) is 28.1 Å². The molecule has 0 saturated carbocycles. The van der Waals surface area contributed by atoms with Crippen LogP contribution in [-0.2, 0) is 0 Å². The van der Waals surface area contributed by atoms with Gasteiger partial charge < -0.3 is 9.47 Å². The lowest BCUT2D eigenvalue weighted by molar-refractivity contribution is 0.297. The molecule has 0 aliphatic carbocycles. The highest BCUT2D eigenvalue weighted by molar-refractivity contribution is 9.11. The van der Waals surface area contributed by atoms with Crippen molar-refractivity contribution in [2.24, 2.45) is 0 Å². The van der Waals surface area contributed by atoms with Gasteiger partial charge >= 0.3 is 0 Å². The van der Waals surface area contributed by atoms with Crippen LogP contribution in [0.2, 0.25) is 0 Å². The van der Waals surface area contributed by atoms with Gasteiger partial charge in [-0.3, -0.25) is 0 Å². The highest BCUT2D eigenvalue weighted by Gasteiger charge is 2.21. The fourth-order valence-corrected chi connectivity index (χ4v) is 5.02. The quantitative estimate of drug-likeness (QED) is 0.603. The fourth-order valence-electron chi connectivity index (χ4n) is 2.18. The van der Waals surface area contributed by atoms with E-state index >= 15 is 0 Å². The van der Waals surface area contributed by atoms with Gasteiger partial charge in [0.05, 0.1) is 18.0 Å². The zero-order valence-electron chi connectivity index (χ0n) is 11.0. The van der Waals surface area contributed by atoms with E-state index in [9.17, 15) is 0 Å². The Hall–Kier alpha value is -0.520. The second-order valence-electron chi connectivity index (χ2n) is 4.70. The molecule has 0 amide bonds. The maximum Gasteiger partial charge on any atom is 0.162 e. The molecule has 0 N–H and O–H groups in total. The standard InChI is InChI=1S/C15H14Br2O2S/c1-9-3-6-20-15(9)14(17)10-7-12-13(8-11(10)16)19-5-2-4-18-12/h3,6-8,14H,2,4-5H2,1H3. The number of benzene rings is 1. The Bertz CT molecular complexity index is 624. The van der Waals surface area contributed by atoms with E-state index < -0.39 is 0 Å². The lowest BCUT2D eigenvalue weighted by atomic mass is 10.1. The van der Waals surface area contributed by atoms with Crippen molar-refractivity contribution in [3.05, 3.63) is 44.1 Å². The molecular formula is C15H14Br2O2S. The zero-order valence-corrected chi connectivity index (χ0v) is 15.0. The maximum atomic E-state index is 5.78. The second-order valence-corrected chi connectivity index (χ2v) is 7.42. The molecule has 2 aromatic rings. The van der Waals surface area contributed by atoms with E-state index in [1.54, 1.807) is 11.3 Å². The normalized spacial score (nSPS) is 15.8. The van der Waals surface area contributed by atoms with E-state index in [4.69, 9.17) is 9.47 Å². The van der Waals surface area contributed by atoms with Crippen LogP contribution in [0.5, 0.6) is 11.5 Å². The SMILES string of the molecule is Cc1ccsc1C(Br)c1cc2c(cc1Br)OCCCO2. The van der Waals surface area contributed by atoms with Crippen molar-refractivity contribution < 1.29 is 9.47 Å². The van der Waals surface area contributed by atoms with Crippen molar-refractivity contribution >= 4 is 43.2 Å². The predicted octanol–water partition coefficient (Wildman–Crippen LogP) is 5.46. The minimum Gasteiger partial charge on any atom is -0.490 e. The van der Waals surface area contributed by atoms with Crippen molar-refractivity contribution in [3.63, 3.8) is 0 Å². The molecule has 5 heteroatoms. The summed E-state index contributed by atoms with van der Waals surface area (Å²) in [6, 6.07) is 6.22. The first-order valence-electron chi connectivity index (χ1n) is 6.44. The summed E-state index contributed by atoms with van der Waals surface area (Å²) < 4.78 is 12.5. The Morgan fingerprint density at radius 3 is 2.55 bits per heavy atom. The number of aryl methyl sites for hydroxylation is 1. The van der Waals surface area contributed by atoms with Crippen molar-refractivity contribution in [1.29, 1.82) is 0 Å². The van der Waals surface area contributed by atoms with Gasteiger partial charge in [-0.05, 0) is 41.6 Å². The third-order valence-electron chi connectivity index (χ3n) is 3.27. The average Bonchev–Trinajstić information content (AvgIpc) is 2.72. The number of hydrogen-bond donors (Lipinski definition) is 0. The third-order valence-corrected chi connectivity index (χ3v) is 6.30. The molecule has 1 atom stereocenters. The number of halogens is 2. The first-order valence-corrected chi connectivity index (χ1v) is 9.03. The minimum atomic E-state index is 0.161. The van der Waals surface area contributed by atoms with E-state index in [0.29, 0.717) is 13.2 Å². The van der Waals surface area contributed by atoms with Crippen LogP contribution in [-0.4, -0.2) is 13.2 Å². The summed E-state index contributed by atoms with van der Waals surface area (Å²) in [4.78, 5) is 1.48. The highest BCUT2D eigenvalue weighted by atomic mass is 79.9. The number of ether oxygens (including phenoxy) is 2. The van der Waals surface area contributed by atoms with E-state index in [1.807, 2.05) is 6.07 Å². The Morgan fingerprint density at radius 2 is 1.90 bits per heavy atom. The molecule has 0 fully saturated rings. The molecule has 20 heavy (non-hydrogen) atoms. The molecule has 0 radical (unpaired) electrons. The molecule has 2 nitrogen and oxygen atoms in total. The number of hydrogen-bond acceptors (Lipinski definition) is 3. The fraction of sp³-hybridized carbons (Fsp3) is 0.333. The number of alkyl halides is 1. The van der Waals surface area contributed by atoms with Crippen LogP contribution >= 0.6 is 43.2 Å². The monoisotopic (exact) mass is 416 g/mol. The third kappa shape index (κ3) is 2.76. The molecular weight excluding hydrogens is 404 g/mol. The topological polar surface area (TPSA) is 18.5 Å². The van der Waals surface area contributed by atoms with Crippen molar-refractivity contribution in [1.82, 2.24) is 0 Å². The van der Waals surface area contributed by atoms with Gasteiger partial charge in [-0.25, -0.2) is 0 Å². The molecule has 0 saturated heterocycles. The molecule has 1 aromatic heterocycles. The van der Waals surface area contributed by atoms with Crippen molar-refractivity contribution in [2.45, 2.75) is 18.2 Å². The molecule has 1 unspecified atom stereocenters. The number of fused-ring (bicyclic) bond motifs is 1. The molecule has 1 aliphatic heterocycles. The summed E-state index contributed by atoms with van der Waals surface area (Å²) in [5.74, 6) is 1.65. The Balaban J connectivity index is 2.01. The van der Waals surface area contributed by atoms with Crippen molar-refractivity contribution in [2.75, 3.05) is 13.2 Å². The van der Waals surface area contributed by atoms with E-state index in [1.165, 1.54) is 16.0 Å². The summed E-state index contributed by atoms with van der Waals surface area (Å²) in [7, 11) is 0. The second kappa shape index (κ2) is 6.08. The zero-order chi connectivity index (χ0) is 14.1. The summed E-state index contributed by atoms with van der Waals surface area (Å²) in [6.45, 7) is 3.55. The molecule has 106 valence electrons. The molecule has 2 heterocycles. The van der Waals surface area contributed by atoms with Crippen LogP contribution in [0.3, 0.4) is 0 Å². The van der Waals surface area contributed by atoms with Gasteiger partial charge in [0.25, 0.3) is 0 Å². The first kappa shape index (κ1) is 14.4. The minimum absolute atomic E-state index is 0.161. The van der Waals surface area contributed by atoms with Gasteiger partial charge in [-0.2, -0.15) is 0 Å². The lowest BCUT2D eigenvalue weighted by Crippen LogP contribution is -1.98. The largest absolute Gasteiger partial charge is 0.490 e. The van der Waals surface area contributed by atoms with E-state index in [-0.39, 0.29) is 4.83 Å². The summed E-state index contributed by atoms with van der Waals surface area (Å²) in [5, 5.41) is 2.12. The Labute approximate surface area is 139 Å². The number of rotatable bonds is 2. The van der Waals surface area contributed by atoms with Gasteiger partial charge in [0.2, 0.25) is 0 Å². The molecule has 1 aromatic carbocycles. The van der Waals surface area contributed by atoms with E-state index in [0.717, 1.165) is 22.4 Å². The van der Waals surface area contributed by atoms with Gasteiger partial charge in [0.15, 0.2) is 11.5 Å². The average molecular weight is 418 g/mol. The molecule has 0 spiro atoms. The first-order chi connectivity index (χ1) is 9.66. The van der Waals surface area contributed by atoms with Gasteiger partial charge in [0.1, 0.15) is 0 Å². The van der Waals surface area contributed by atoms with Gasteiger partial charge in [-0.1, -0.05) is 31.9 Å². The van der Waals surface area contributed by atoms with Gasteiger partial charge in [-0.15, -0.1) is 11.3 Å². The summed E-state index contributed by atoms with van der Waals surface area (Å²) >= 11 is 9.22. The Morgan fingerprint density at radius 1 is 1.20 bits per heavy atom. The molecule has 1 aliphatic rings. The molecule has 0 bridgehead atoms. The van der Waals surface area contributed by atoms with Crippen LogP contribution in [0, 0.1) is 6.92 Å². The summed E-state index contributed by atoms with van der Waals surface area (Å²) in [5.41, 5.74) is 2.47. The maximum absolute atomic E-state index is 5.78. The molecule has 3 rings (SSSR count). The van der Waals surface area contributed by atoms with Gasteiger partial charge in [0, 0.05) is 15.8 Å². The van der Waals surface area contributed by atoms with Crippen LogP contribution in [0.4, 0.5) is 0 Å². The smallest absolute Gasteiger partial charge is 0.162 e. The predicted molar refractivity (Wildman–Crippen MR) is 89.6 cm³/mol. The lowest BCUT2D eigenvalue weighted by Gasteiger charge is -2.15. The van der Waals surface area contributed by atoms with Crippen molar-refractivity contribution in [3.8, 4) is 11.5 Å². The Kier molecular flexibility index (Phi) is 4.38. The van der Waals surface area contributed by atoms with Crippen LogP contribution < -0.4 is 9.47 Å². The van der Waals surface area contributed by atoms with Crippen LogP contribution in [0.1, 0.15) is 27.3 Å². The highest BCUT2D eigenvalue weighted by Crippen LogP contribution is 2.44. The van der Waals surface area contributed by atoms with Crippen LogP contribution in [0.25, 0.3) is 0 Å². The number of thiophene rings is 1. The summed E-state index contributed by atoms with van der Waals surface area (Å²) in [6.07, 6.45) is 0.920.